The van der Waals surface area contributed by atoms with Crippen molar-refractivity contribution in [2.45, 2.75) is 6.61 Å². The van der Waals surface area contributed by atoms with Crippen LogP contribution in [0.4, 0.5) is 0 Å². The van der Waals surface area contributed by atoms with Crippen LogP contribution in [-0.2, 0) is 6.61 Å². The molecule has 0 unspecified atom stereocenters. The number of fused-ring (bicyclic) bond motifs is 1. The first-order valence-electron chi connectivity index (χ1n) is 3.32. The van der Waals surface area contributed by atoms with E-state index in [4.69, 9.17) is 5.11 Å². The maximum Gasteiger partial charge on any atom is 0.143 e. The monoisotopic (exact) mass is 244 g/mol. The van der Waals surface area contributed by atoms with Gasteiger partial charge in [-0.1, -0.05) is 0 Å². The highest BCUT2D eigenvalue weighted by Crippen LogP contribution is 2.23. The Hall–Kier alpha value is -0.520. The van der Waals surface area contributed by atoms with Crippen molar-refractivity contribution in [3.8, 4) is 0 Å². The molecule has 0 aliphatic carbocycles. The first-order valence-corrected chi connectivity index (χ1v) is 4.88. The quantitative estimate of drug-likeness (QED) is 0.835. The molecule has 0 saturated carbocycles. The molecular weight excluding hydrogens is 240 g/mol. The molecule has 0 spiro atoms. The van der Waals surface area contributed by atoms with Crippen LogP contribution in [0.15, 0.2) is 16.7 Å². The van der Waals surface area contributed by atoms with Gasteiger partial charge in [0.1, 0.15) is 4.83 Å². The van der Waals surface area contributed by atoms with Crippen LogP contribution in [0.2, 0.25) is 0 Å². The van der Waals surface area contributed by atoms with E-state index in [1.807, 2.05) is 6.07 Å². The third-order valence-electron chi connectivity index (χ3n) is 1.52. The lowest BCUT2D eigenvalue weighted by molar-refractivity contribution is 0.279. The summed E-state index contributed by atoms with van der Waals surface area (Å²) in [6, 6.07) is 1.91. The summed E-state index contributed by atoms with van der Waals surface area (Å²) in [4.78, 5) is 5.01. The zero-order chi connectivity index (χ0) is 8.55. The van der Waals surface area contributed by atoms with Gasteiger partial charge in [-0.05, 0) is 33.5 Å². The predicted molar refractivity (Wildman–Crippen MR) is 51.0 cm³/mol. The Kier molecular flexibility index (Phi) is 2.08. The maximum absolute atomic E-state index is 8.92. The Morgan fingerprint density at radius 2 is 2.42 bits per heavy atom. The van der Waals surface area contributed by atoms with Gasteiger partial charge in [-0.3, -0.25) is 0 Å². The van der Waals surface area contributed by atoms with Crippen molar-refractivity contribution < 1.29 is 5.11 Å². The highest BCUT2D eigenvalue weighted by molar-refractivity contribution is 9.10. The van der Waals surface area contributed by atoms with Gasteiger partial charge in [0.15, 0.2) is 0 Å². The summed E-state index contributed by atoms with van der Waals surface area (Å²) in [7, 11) is 0. The number of halogens is 1. The lowest BCUT2D eigenvalue weighted by atomic mass is 10.3. The Morgan fingerprint density at radius 3 is 3.17 bits per heavy atom. The lowest BCUT2D eigenvalue weighted by Gasteiger charge is -1.91. The minimum Gasteiger partial charge on any atom is -0.390 e. The molecule has 3 nitrogen and oxygen atoms in total. The molecule has 2 heterocycles. The molecule has 2 rings (SSSR count). The van der Waals surface area contributed by atoms with E-state index < -0.39 is 0 Å². The van der Waals surface area contributed by atoms with Crippen molar-refractivity contribution >= 4 is 37.7 Å². The zero-order valence-corrected chi connectivity index (χ0v) is 8.39. The Morgan fingerprint density at radius 1 is 1.58 bits per heavy atom. The summed E-state index contributed by atoms with van der Waals surface area (Å²) in [6.07, 6.45) is 1.72. The number of aliphatic hydroxyl groups excluding tert-OH is 1. The number of hydrogen-bond donors (Lipinski definition) is 1. The first-order chi connectivity index (χ1) is 5.81. The van der Waals surface area contributed by atoms with E-state index in [0.717, 1.165) is 14.7 Å². The molecule has 0 amide bonds. The molecule has 0 atom stereocenters. The van der Waals surface area contributed by atoms with Gasteiger partial charge in [0, 0.05) is 16.1 Å². The van der Waals surface area contributed by atoms with Crippen LogP contribution >= 0.6 is 27.5 Å². The van der Waals surface area contributed by atoms with Crippen LogP contribution in [0.5, 0.6) is 0 Å². The maximum atomic E-state index is 8.92. The second-order valence-corrected chi connectivity index (χ2v) is 3.96. The van der Waals surface area contributed by atoms with Gasteiger partial charge in [-0.2, -0.15) is 4.37 Å². The fraction of sp³-hybridized carbons (Fsp3) is 0.143. The minimum atomic E-state index is -0.0296. The topological polar surface area (TPSA) is 46.0 Å². The van der Waals surface area contributed by atoms with Crippen molar-refractivity contribution in [1.82, 2.24) is 9.36 Å². The normalized spacial score (nSPS) is 10.8. The summed E-state index contributed by atoms with van der Waals surface area (Å²) in [5, 5.41) is 9.84. The molecule has 5 heteroatoms. The van der Waals surface area contributed by atoms with Crippen LogP contribution < -0.4 is 0 Å². The third-order valence-corrected chi connectivity index (χ3v) is 2.76. The number of aliphatic hydroxyl groups is 1. The molecule has 0 saturated heterocycles. The van der Waals surface area contributed by atoms with Gasteiger partial charge in [0.05, 0.1) is 12.3 Å². The molecule has 1 N–H and O–H groups in total. The molecule has 0 fully saturated rings. The fourth-order valence-corrected chi connectivity index (χ4v) is 2.03. The summed E-state index contributed by atoms with van der Waals surface area (Å²) in [5.41, 5.74) is 0.698. The predicted octanol–water partition coefficient (Wildman–Crippen LogP) is 1.95. The third kappa shape index (κ3) is 1.24. The Balaban J connectivity index is 2.75. The van der Waals surface area contributed by atoms with E-state index in [2.05, 4.69) is 25.3 Å². The molecule has 2 aromatic heterocycles. The van der Waals surface area contributed by atoms with Gasteiger partial charge in [0.25, 0.3) is 0 Å². The largest absolute Gasteiger partial charge is 0.390 e. The number of aromatic nitrogens is 2. The molecular formula is C7H5BrN2OS. The second kappa shape index (κ2) is 3.08. The smallest absolute Gasteiger partial charge is 0.143 e. The molecule has 2 aromatic rings. The van der Waals surface area contributed by atoms with Crippen LogP contribution in [-0.4, -0.2) is 14.5 Å². The van der Waals surface area contributed by atoms with E-state index in [9.17, 15) is 0 Å². The number of hydrogen-bond acceptors (Lipinski definition) is 4. The minimum absolute atomic E-state index is 0.0296. The number of rotatable bonds is 1. The van der Waals surface area contributed by atoms with E-state index in [-0.39, 0.29) is 6.61 Å². The highest BCUT2D eigenvalue weighted by atomic mass is 79.9. The van der Waals surface area contributed by atoms with Crippen LogP contribution in [0, 0.1) is 0 Å². The standard InChI is InChI=1S/C7H5BrN2OS/c8-4-1-5-6(3-11)10-12-7(5)9-2-4/h1-2,11H,3H2. The van der Waals surface area contributed by atoms with E-state index >= 15 is 0 Å². The van der Waals surface area contributed by atoms with Crippen LogP contribution in [0.1, 0.15) is 5.69 Å². The van der Waals surface area contributed by atoms with E-state index in [1.54, 1.807) is 6.20 Å². The zero-order valence-electron chi connectivity index (χ0n) is 5.99. The van der Waals surface area contributed by atoms with Crippen LogP contribution in [0.25, 0.3) is 10.2 Å². The fourth-order valence-electron chi connectivity index (χ4n) is 0.968. The average Bonchev–Trinajstić information content (AvgIpc) is 2.46. The molecule has 0 bridgehead atoms. The van der Waals surface area contributed by atoms with Crippen molar-refractivity contribution in [3.05, 3.63) is 22.4 Å². The van der Waals surface area contributed by atoms with Gasteiger partial charge in [0.2, 0.25) is 0 Å². The molecule has 0 aliphatic rings. The molecule has 0 aromatic carbocycles. The molecule has 12 heavy (non-hydrogen) atoms. The van der Waals surface area contributed by atoms with Crippen molar-refractivity contribution in [1.29, 1.82) is 0 Å². The van der Waals surface area contributed by atoms with Crippen LogP contribution in [0.3, 0.4) is 0 Å². The van der Waals surface area contributed by atoms with Crippen molar-refractivity contribution in [2.75, 3.05) is 0 Å². The average molecular weight is 245 g/mol. The highest BCUT2D eigenvalue weighted by Gasteiger charge is 2.05. The van der Waals surface area contributed by atoms with Crippen molar-refractivity contribution in [3.63, 3.8) is 0 Å². The summed E-state index contributed by atoms with van der Waals surface area (Å²) in [6.45, 7) is -0.0296. The van der Waals surface area contributed by atoms with E-state index in [0.29, 0.717) is 5.69 Å². The number of pyridine rings is 1. The first kappa shape index (κ1) is 8.10. The van der Waals surface area contributed by atoms with Gasteiger partial charge < -0.3 is 5.11 Å². The van der Waals surface area contributed by atoms with Gasteiger partial charge in [-0.15, -0.1) is 0 Å². The van der Waals surface area contributed by atoms with Gasteiger partial charge in [-0.25, -0.2) is 4.98 Å². The summed E-state index contributed by atoms with van der Waals surface area (Å²) < 4.78 is 4.97. The number of nitrogens with zero attached hydrogens (tertiary/aromatic N) is 2. The Labute approximate surface area is 81.4 Å². The van der Waals surface area contributed by atoms with E-state index in [1.165, 1.54) is 11.5 Å². The Bertz CT molecular complexity index is 415. The molecule has 62 valence electrons. The van der Waals surface area contributed by atoms with Gasteiger partial charge >= 0.3 is 0 Å². The second-order valence-electron chi connectivity index (χ2n) is 2.29. The molecule has 0 radical (unpaired) electrons. The summed E-state index contributed by atoms with van der Waals surface area (Å²) >= 11 is 4.62. The van der Waals surface area contributed by atoms with Crippen molar-refractivity contribution in [2.24, 2.45) is 0 Å². The lowest BCUT2D eigenvalue weighted by Crippen LogP contribution is -1.82. The summed E-state index contributed by atoms with van der Waals surface area (Å²) in [5.74, 6) is 0. The SMILES string of the molecule is OCc1nsc2ncc(Br)cc12. The molecule has 0 aliphatic heterocycles.